The Morgan fingerprint density at radius 3 is 2.12 bits per heavy atom. The first-order valence-corrected chi connectivity index (χ1v) is 8.25. The molecule has 0 bridgehead atoms. The van der Waals surface area contributed by atoms with Crippen molar-refractivity contribution in [3.8, 4) is 16.9 Å². The van der Waals surface area contributed by atoms with Crippen LogP contribution in [0.25, 0.3) is 16.9 Å². The van der Waals surface area contributed by atoms with Gasteiger partial charge in [-0.2, -0.15) is 5.10 Å². The molecular weight excluding hydrogens is 322 g/mol. The van der Waals surface area contributed by atoms with Crippen LogP contribution in [0.2, 0.25) is 0 Å². The Morgan fingerprint density at radius 2 is 1.56 bits per heavy atom. The molecule has 0 aliphatic rings. The zero-order valence-corrected chi connectivity index (χ0v) is 14.2. The molecule has 3 aromatic rings. The first kappa shape index (κ1) is 17.3. The number of halogens is 2. The van der Waals surface area contributed by atoms with Gasteiger partial charge in [0.15, 0.2) is 0 Å². The quantitative estimate of drug-likeness (QED) is 0.721. The Morgan fingerprint density at radius 1 is 1.00 bits per heavy atom. The van der Waals surface area contributed by atoms with Crippen LogP contribution in [0, 0.1) is 11.6 Å². The number of aliphatic hydroxyl groups is 1. The minimum atomic E-state index is -1.07. The molecule has 0 amide bonds. The molecule has 1 heterocycles. The number of rotatable bonds is 5. The van der Waals surface area contributed by atoms with E-state index in [2.05, 4.69) is 5.10 Å². The molecule has 0 aliphatic heterocycles. The molecule has 1 atom stereocenters. The van der Waals surface area contributed by atoms with Crippen molar-refractivity contribution < 1.29 is 13.9 Å². The van der Waals surface area contributed by atoms with Crippen LogP contribution >= 0.6 is 0 Å². The van der Waals surface area contributed by atoms with Crippen LogP contribution in [0.1, 0.15) is 32.4 Å². The molecule has 1 aromatic heterocycles. The van der Waals surface area contributed by atoms with Crippen LogP contribution < -0.4 is 0 Å². The van der Waals surface area contributed by atoms with Gasteiger partial charge in [-0.25, -0.2) is 13.5 Å². The van der Waals surface area contributed by atoms with Crippen LogP contribution in [-0.4, -0.2) is 14.9 Å². The summed E-state index contributed by atoms with van der Waals surface area (Å²) in [5.41, 5.74) is 1.58. The third-order valence-electron chi connectivity index (χ3n) is 4.21. The molecule has 0 saturated carbocycles. The standard InChI is InChI=1S/C20H20F2N2O/c1-3-12-20(2,25)19-13-18(14-4-6-15(21)7-5-14)24(23-19)17-10-8-16(22)9-11-17/h4-11,13,25H,3,12H2,1-2H3. The van der Waals surface area contributed by atoms with E-state index in [-0.39, 0.29) is 11.6 Å². The predicted molar refractivity (Wildman–Crippen MR) is 93.4 cm³/mol. The van der Waals surface area contributed by atoms with Crippen molar-refractivity contribution in [2.75, 3.05) is 0 Å². The lowest BCUT2D eigenvalue weighted by Gasteiger charge is -2.19. The van der Waals surface area contributed by atoms with Crippen molar-refractivity contribution in [1.82, 2.24) is 9.78 Å². The molecule has 0 aliphatic carbocycles. The fourth-order valence-electron chi connectivity index (χ4n) is 2.86. The zero-order chi connectivity index (χ0) is 18.0. The van der Waals surface area contributed by atoms with E-state index in [1.165, 1.54) is 24.3 Å². The van der Waals surface area contributed by atoms with Gasteiger partial charge in [-0.15, -0.1) is 0 Å². The Bertz CT molecular complexity index is 789. The molecule has 3 nitrogen and oxygen atoms in total. The number of aromatic nitrogens is 2. The van der Waals surface area contributed by atoms with E-state index in [0.29, 0.717) is 23.5 Å². The normalized spacial score (nSPS) is 13.6. The van der Waals surface area contributed by atoms with E-state index >= 15 is 0 Å². The van der Waals surface area contributed by atoms with E-state index in [1.807, 2.05) is 6.92 Å². The van der Waals surface area contributed by atoms with E-state index in [1.54, 1.807) is 41.9 Å². The highest BCUT2D eigenvalue weighted by Crippen LogP contribution is 2.31. The Labute approximate surface area is 145 Å². The highest BCUT2D eigenvalue weighted by Gasteiger charge is 2.27. The minimum absolute atomic E-state index is 0.324. The molecule has 5 heteroatoms. The number of nitrogens with zero attached hydrogens (tertiary/aromatic N) is 2. The molecule has 1 N–H and O–H groups in total. The van der Waals surface area contributed by atoms with Crippen LogP contribution in [0.5, 0.6) is 0 Å². The van der Waals surface area contributed by atoms with Gasteiger partial charge < -0.3 is 5.11 Å². The second kappa shape index (κ2) is 6.76. The minimum Gasteiger partial charge on any atom is -0.384 e. The maximum atomic E-state index is 13.3. The third-order valence-corrected chi connectivity index (χ3v) is 4.21. The first-order valence-electron chi connectivity index (χ1n) is 8.25. The molecule has 130 valence electrons. The van der Waals surface area contributed by atoms with Crippen LogP contribution in [0.15, 0.2) is 54.6 Å². The van der Waals surface area contributed by atoms with Gasteiger partial charge in [0.2, 0.25) is 0 Å². The highest BCUT2D eigenvalue weighted by atomic mass is 19.1. The highest BCUT2D eigenvalue weighted by molar-refractivity contribution is 5.63. The summed E-state index contributed by atoms with van der Waals surface area (Å²) in [6.07, 6.45) is 1.37. The van der Waals surface area contributed by atoms with Crippen LogP contribution in [0.4, 0.5) is 8.78 Å². The van der Waals surface area contributed by atoms with E-state index in [0.717, 1.165) is 12.0 Å². The van der Waals surface area contributed by atoms with E-state index < -0.39 is 5.60 Å². The van der Waals surface area contributed by atoms with Crippen molar-refractivity contribution in [2.45, 2.75) is 32.3 Å². The Balaban J connectivity index is 2.15. The summed E-state index contributed by atoms with van der Waals surface area (Å²) in [6, 6.07) is 13.8. The maximum absolute atomic E-state index is 13.3. The van der Waals surface area contributed by atoms with Gasteiger partial charge in [0.1, 0.15) is 17.2 Å². The van der Waals surface area contributed by atoms with Gasteiger partial charge in [-0.05, 0) is 67.9 Å². The van der Waals surface area contributed by atoms with Crippen LogP contribution in [0.3, 0.4) is 0 Å². The average Bonchev–Trinajstić information content (AvgIpc) is 3.02. The van der Waals surface area contributed by atoms with Gasteiger partial charge in [-0.1, -0.05) is 13.3 Å². The first-order chi connectivity index (χ1) is 11.9. The Kier molecular flexibility index (Phi) is 4.68. The van der Waals surface area contributed by atoms with Gasteiger partial charge in [0.25, 0.3) is 0 Å². The zero-order valence-electron chi connectivity index (χ0n) is 14.2. The lowest BCUT2D eigenvalue weighted by Crippen LogP contribution is -2.21. The fraction of sp³-hybridized carbons (Fsp3) is 0.250. The molecule has 3 rings (SSSR count). The number of hydrogen-bond donors (Lipinski definition) is 1. The summed E-state index contributed by atoms with van der Waals surface area (Å²) < 4.78 is 28.2. The average molecular weight is 342 g/mol. The monoisotopic (exact) mass is 342 g/mol. The molecule has 2 aromatic carbocycles. The van der Waals surface area contributed by atoms with Gasteiger partial charge in [-0.3, -0.25) is 0 Å². The molecular formula is C20H20F2N2O. The van der Waals surface area contributed by atoms with Crippen molar-refractivity contribution in [3.63, 3.8) is 0 Å². The molecule has 0 fully saturated rings. The number of benzene rings is 2. The van der Waals surface area contributed by atoms with Crippen molar-refractivity contribution in [2.24, 2.45) is 0 Å². The maximum Gasteiger partial charge on any atom is 0.123 e. The summed E-state index contributed by atoms with van der Waals surface area (Å²) in [5.74, 6) is -0.660. The summed E-state index contributed by atoms with van der Waals surface area (Å²) in [5, 5.41) is 15.3. The summed E-state index contributed by atoms with van der Waals surface area (Å²) in [7, 11) is 0. The molecule has 1 unspecified atom stereocenters. The van der Waals surface area contributed by atoms with E-state index in [9.17, 15) is 13.9 Å². The smallest absolute Gasteiger partial charge is 0.123 e. The molecule has 25 heavy (non-hydrogen) atoms. The largest absolute Gasteiger partial charge is 0.384 e. The van der Waals surface area contributed by atoms with Gasteiger partial charge in [0, 0.05) is 5.56 Å². The lowest BCUT2D eigenvalue weighted by molar-refractivity contribution is 0.0421. The lowest BCUT2D eigenvalue weighted by atomic mass is 9.96. The Hall–Kier alpha value is -2.53. The second-order valence-electron chi connectivity index (χ2n) is 6.33. The molecule has 0 radical (unpaired) electrons. The number of hydrogen-bond acceptors (Lipinski definition) is 2. The van der Waals surface area contributed by atoms with E-state index in [4.69, 9.17) is 0 Å². The predicted octanol–water partition coefficient (Wildman–Crippen LogP) is 4.83. The van der Waals surface area contributed by atoms with Crippen LogP contribution in [-0.2, 0) is 5.60 Å². The van der Waals surface area contributed by atoms with Crippen molar-refractivity contribution in [3.05, 3.63) is 71.9 Å². The summed E-state index contributed by atoms with van der Waals surface area (Å²) in [4.78, 5) is 0. The SMILES string of the molecule is CCCC(C)(O)c1cc(-c2ccc(F)cc2)n(-c2ccc(F)cc2)n1. The van der Waals surface area contributed by atoms with Crippen molar-refractivity contribution in [1.29, 1.82) is 0 Å². The van der Waals surface area contributed by atoms with Crippen molar-refractivity contribution >= 4 is 0 Å². The molecule has 0 spiro atoms. The molecule has 0 saturated heterocycles. The topological polar surface area (TPSA) is 38.0 Å². The third kappa shape index (κ3) is 3.61. The van der Waals surface area contributed by atoms with Gasteiger partial charge in [0.05, 0.1) is 17.1 Å². The fourth-order valence-corrected chi connectivity index (χ4v) is 2.86. The summed E-state index contributed by atoms with van der Waals surface area (Å²) in [6.45, 7) is 3.72. The second-order valence-corrected chi connectivity index (χ2v) is 6.33. The summed E-state index contributed by atoms with van der Waals surface area (Å²) >= 11 is 0. The van der Waals surface area contributed by atoms with Gasteiger partial charge >= 0.3 is 0 Å².